The zero-order valence-electron chi connectivity index (χ0n) is 11.3. The van der Waals surface area contributed by atoms with Crippen molar-refractivity contribution in [3.8, 4) is 0 Å². The SMILES string of the molecule is Cc1ccccc1C1CN=C(N)Nc2ccccc21.Cl. The van der Waals surface area contributed by atoms with Gasteiger partial charge in [-0.05, 0) is 29.7 Å². The maximum absolute atomic E-state index is 5.87. The van der Waals surface area contributed by atoms with Crippen molar-refractivity contribution in [3.63, 3.8) is 0 Å². The Labute approximate surface area is 125 Å². The maximum Gasteiger partial charge on any atom is 0.193 e. The van der Waals surface area contributed by atoms with Crippen LogP contribution in [0.3, 0.4) is 0 Å². The number of nitrogens with two attached hydrogens (primary N) is 1. The summed E-state index contributed by atoms with van der Waals surface area (Å²) in [5.74, 6) is 0.745. The van der Waals surface area contributed by atoms with Crippen molar-refractivity contribution in [3.05, 3.63) is 65.2 Å². The lowest BCUT2D eigenvalue weighted by Crippen LogP contribution is -2.21. The quantitative estimate of drug-likeness (QED) is 0.845. The van der Waals surface area contributed by atoms with Gasteiger partial charge < -0.3 is 11.1 Å². The van der Waals surface area contributed by atoms with Crippen LogP contribution in [-0.2, 0) is 0 Å². The Balaban J connectivity index is 0.00000147. The summed E-state index contributed by atoms with van der Waals surface area (Å²) in [6, 6.07) is 16.7. The number of hydrogen-bond acceptors (Lipinski definition) is 3. The van der Waals surface area contributed by atoms with Crippen molar-refractivity contribution in [2.24, 2.45) is 10.7 Å². The van der Waals surface area contributed by atoms with E-state index in [0.29, 0.717) is 12.5 Å². The summed E-state index contributed by atoms with van der Waals surface area (Å²) in [5, 5.41) is 3.17. The summed E-state index contributed by atoms with van der Waals surface area (Å²) in [6.07, 6.45) is 0. The third-order valence-corrected chi connectivity index (χ3v) is 3.61. The van der Waals surface area contributed by atoms with Crippen molar-refractivity contribution in [1.29, 1.82) is 0 Å². The van der Waals surface area contributed by atoms with E-state index < -0.39 is 0 Å². The Morgan fingerprint density at radius 3 is 2.45 bits per heavy atom. The van der Waals surface area contributed by atoms with Gasteiger partial charge >= 0.3 is 0 Å². The molecule has 0 fully saturated rings. The van der Waals surface area contributed by atoms with Gasteiger partial charge in [0.1, 0.15) is 0 Å². The molecule has 2 aromatic rings. The van der Waals surface area contributed by atoms with Gasteiger partial charge in [0.25, 0.3) is 0 Å². The highest BCUT2D eigenvalue weighted by molar-refractivity contribution is 5.94. The number of halogens is 1. The molecule has 1 atom stereocenters. The van der Waals surface area contributed by atoms with Crippen LogP contribution in [0.25, 0.3) is 0 Å². The molecule has 1 aliphatic heterocycles. The number of aryl methyl sites for hydroxylation is 1. The highest BCUT2D eigenvalue weighted by atomic mass is 35.5. The number of anilines is 1. The predicted molar refractivity (Wildman–Crippen MR) is 86.8 cm³/mol. The molecular weight excluding hydrogens is 270 g/mol. The van der Waals surface area contributed by atoms with Gasteiger partial charge in [0.15, 0.2) is 5.96 Å². The van der Waals surface area contributed by atoms with Crippen molar-refractivity contribution in [2.75, 3.05) is 11.9 Å². The Hall–Kier alpha value is -2.00. The van der Waals surface area contributed by atoms with Gasteiger partial charge in [-0.15, -0.1) is 12.4 Å². The molecule has 0 radical (unpaired) electrons. The van der Waals surface area contributed by atoms with E-state index in [1.165, 1.54) is 16.7 Å². The summed E-state index contributed by atoms with van der Waals surface area (Å²) in [6.45, 7) is 2.82. The number of hydrogen-bond donors (Lipinski definition) is 2. The molecule has 3 rings (SSSR count). The second-order valence-corrected chi connectivity index (χ2v) is 4.85. The highest BCUT2D eigenvalue weighted by Crippen LogP contribution is 2.33. The van der Waals surface area contributed by atoms with E-state index in [4.69, 9.17) is 5.73 Å². The minimum Gasteiger partial charge on any atom is -0.370 e. The Bertz CT molecular complexity index is 637. The molecule has 0 spiro atoms. The summed E-state index contributed by atoms with van der Waals surface area (Å²) in [4.78, 5) is 4.42. The summed E-state index contributed by atoms with van der Waals surface area (Å²) >= 11 is 0. The van der Waals surface area contributed by atoms with Gasteiger partial charge in [-0.25, -0.2) is 0 Å². The first-order valence-electron chi connectivity index (χ1n) is 6.47. The summed E-state index contributed by atoms with van der Waals surface area (Å²) in [5.41, 5.74) is 10.8. The molecular formula is C16H18ClN3. The van der Waals surface area contributed by atoms with E-state index in [0.717, 1.165) is 5.69 Å². The van der Waals surface area contributed by atoms with Crippen LogP contribution < -0.4 is 11.1 Å². The lowest BCUT2D eigenvalue weighted by atomic mass is 9.88. The van der Waals surface area contributed by atoms with Crippen molar-refractivity contribution >= 4 is 24.1 Å². The van der Waals surface area contributed by atoms with Gasteiger partial charge in [0.05, 0.1) is 6.54 Å². The lowest BCUT2D eigenvalue weighted by Gasteiger charge is -2.18. The van der Waals surface area contributed by atoms with Crippen molar-refractivity contribution in [1.82, 2.24) is 0 Å². The Morgan fingerprint density at radius 1 is 1.05 bits per heavy atom. The van der Waals surface area contributed by atoms with Crippen LogP contribution in [0.5, 0.6) is 0 Å². The van der Waals surface area contributed by atoms with E-state index in [1.54, 1.807) is 0 Å². The van der Waals surface area contributed by atoms with Gasteiger partial charge in [-0.3, -0.25) is 4.99 Å². The van der Waals surface area contributed by atoms with Crippen LogP contribution in [-0.4, -0.2) is 12.5 Å². The third-order valence-electron chi connectivity index (χ3n) is 3.61. The molecule has 4 heteroatoms. The molecule has 0 saturated carbocycles. The monoisotopic (exact) mass is 287 g/mol. The predicted octanol–water partition coefficient (Wildman–Crippen LogP) is 3.29. The number of para-hydroxylation sites is 1. The summed E-state index contributed by atoms with van der Waals surface area (Å²) in [7, 11) is 0. The van der Waals surface area contributed by atoms with Crippen LogP contribution in [0.2, 0.25) is 0 Å². The lowest BCUT2D eigenvalue weighted by molar-refractivity contribution is 0.821. The van der Waals surface area contributed by atoms with Crippen LogP contribution in [0, 0.1) is 6.92 Å². The van der Waals surface area contributed by atoms with Crippen LogP contribution in [0.15, 0.2) is 53.5 Å². The maximum atomic E-state index is 5.87. The molecule has 0 aliphatic carbocycles. The highest BCUT2D eigenvalue weighted by Gasteiger charge is 2.21. The third kappa shape index (κ3) is 2.63. The molecule has 0 aromatic heterocycles. The normalized spacial score (nSPS) is 17.1. The molecule has 1 unspecified atom stereocenters. The largest absolute Gasteiger partial charge is 0.370 e. The molecule has 2 aromatic carbocycles. The van der Waals surface area contributed by atoms with Crippen molar-refractivity contribution in [2.45, 2.75) is 12.8 Å². The van der Waals surface area contributed by atoms with Crippen molar-refractivity contribution < 1.29 is 0 Å². The summed E-state index contributed by atoms with van der Waals surface area (Å²) < 4.78 is 0. The molecule has 1 aliphatic rings. The molecule has 0 saturated heterocycles. The minimum atomic E-state index is 0. The molecule has 104 valence electrons. The number of guanidine groups is 1. The number of nitrogens with zero attached hydrogens (tertiary/aromatic N) is 1. The number of nitrogens with one attached hydrogen (secondary N) is 1. The number of rotatable bonds is 1. The van der Waals surface area contributed by atoms with Crippen LogP contribution in [0.4, 0.5) is 5.69 Å². The standard InChI is InChI=1S/C16H17N3.ClH/c1-11-6-2-3-7-12(11)14-10-18-16(17)19-15-9-5-4-8-13(14)15;/h2-9,14H,10H2,1H3,(H3,17,18,19);1H. The fourth-order valence-corrected chi connectivity index (χ4v) is 2.62. The van der Waals surface area contributed by atoms with E-state index >= 15 is 0 Å². The Kier molecular flexibility index (Phi) is 4.30. The number of benzene rings is 2. The first-order chi connectivity index (χ1) is 9.25. The molecule has 1 heterocycles. The van der Waals surface area contributed by atoms with Crippen LogP contribution in [0.1, 0.15) is 22.6 Å². The first kappa shape index (κ1) is 14.4. The molecule has 0 bridgehead atoms. The average molecular weight is 288 g/mol. The van der Waals surface area contributed by atoms with Gasteiger partial charge in [-0.2, -0.15) is 0 Å². The second-order valence-electron chi connectivity index (χ2n) is 4.85. The second kappa shape index (κ2) is 5.97. The molecule has 3 nitrogen and oxygen atoms in total. The van der Waals surface area contributed by atoms with E-state index in [-0.39, 0.29) is 18.3 Å². The Morgan fingerprint density at radius 2 is 1.70 bits per heavy atom. The molecule has 0 amide bonds. The van der Waals surface area contributed by atoms with Gasteiger partial charge in [0.2, 0.25) is 0 Å². The fourth-order valence-electron chi connectivity index (χ4n) is 2.62. The van der Waals surface area contributed by atoms with Crippen LogP contribution >= 0.6 is 12.4 Å². The minimum absolute atomic E-state index is 0. The first-order valence-corrected chi connectivity index (χ1v) is 6.47. The van der Waals surface area contributed by atoms with E-state index in [9.17, 15) is 0 Å². The zero-order chi connectivity index (χ0) is 13.2. The average Bonchev–Trinajstić information content (AvgIpc) is 2.58. The van der Waals surface area contributed by atoms with Gasteiger partial charge in [-0.1, -0.05) is 42.5 Å². The topological polar surface area (TPSA) is 50.4 Å². The fraction of sp³-hybridized carbons (Fsp3) is 0.188. The smallest absolute Gasteiger partial charge is 0.193 e. The number of aliphatic imine (C=N–C) groups is 1. The van der Waals surface area contributed by atoms with Gasteiger partial charge in [0, 0.05) is 11.6 Å². The molecule has 20 heavy (non-hydrogen) atoms. The molecule has 3 N–H and O–H groups in total. The van der Waals surface area contributed by atoms with E-state index in [1.807, 2.05) is 12.1 Å². The zero-order valence-corrected chi connectivity index (χ0v) is 12.2. The number of fused-ring (bicyclic) bond motifs is 1. The van der Waals surface area contributed by atoms with E-state index in [2.05, 4.69) is 53.6 Å².